The van der Waals surface area contributed by atoms with E-state index < -0.39 is 0 Å². The summed E-state index contributed by atoms with van der Waals surface area (Å²) in [5, 5.41) is 0. The molecule has 0 spiro atoms. The van der Waals surface area contributed by atoms with Crippen LogP contribution in [0.15, 0.2) is 0 Å². The molecule has 0 N–H and O–H groups in total. The quantitative estimate of drug-likeness (QED) is 0.646. The summed E-state index contributed by atoms with van der Waals surface area (Å²) in [5.74, 6) is 0.757. The molecule has 0 aliphatic heterocycles. The van der Waals surface area contributed by atoms with Gasteiger partial charge in [-0.05, 0) is 19.4 Å². The van der Waals surface area contributed by atoms with Gasteiger partial charge in [0.05, 0.1) is 6.61 Å². The predicted octanol–water partition coefficient (Wildman–Crippen LogP) is 1.32. The smallest absolute Gasteiger partial charge is 0.137 e. The average molecular weight is 199 g/mol. The van der Waals surface area contributed by atoms with E-state index in [1.807, 2.05) is 0 Å². The predicted molar refractivity (Wildman–Crippen MR) is 56.3 cm³/mol. The van der Waals surface area contributed by atoms with Crippen LogP contribution in [0.1, 0.15) is 26.2 Å². The number of hydrogen-bond acceptors (Lipinski definition) is 3. The topological polar surface area (TPSA) is 29.5 Å². The Labute approximate surface area is 86.4 Å². The van der Waals surface area contributed by atoms with Crippen molar-refractivity contribution >= 4 is 5.78 Å². The zero-order valence-corrected chi connectivity index (χ0v) is 9.29. The summed E-state index contributed by atoms with van der Waals surface area (Å²) in [6.45, 7) is 5.77. The molecule has 0 aromatic carbocycles. The fraction of sp³-hybridized carbons (Fsp3) is 0.909. The monoisotopic (exact) mass is 199 g/mol. The number of ether oxygens (including phenoxy) is 1. The number of ketones is 1. The molecule has 0 heterocycles. The largest absolute Gasteiger partial charge is 0.383 e. The van der Waals surface area contributed by atoms with E-state index in [9.17, 15) is 4.79 Å². The molecule has 0 amide bonds. The zero-order chi connectivity index (χ0) is 10.4. The number of carbonyl (C=O) groups excluding carboxylic acids is 1. The molecule has 1 fully saturated rings. The van der Waals surface area contributed by atoms with Crippen molar-refractivity contribution in [1.82, 2.24) is 4.90 Å². The van der Waals surface area contributed by atoms with Gasteiger partial charge in [0.1, 0.15) is 5.78 Å². The van der Waals surface area contributed by atoms with Crippen LogP contribution in [0, 0.1) is 5.92 Å². The van der Waals surface area contributed by atoms with Gasteiger partial charge >= 0.3 is 0 Å². The minimum absolute atomic E-state index is 0.298. The van der Waals surface area contributed by atoms with Gasteiger partial charge < -0.3 is 9.64 Å². The number of rotatable bonds is 6. The van der Waals surface area contributed by atoms with Crippen molar-refractivity contribution in [2.75, 3.05) is 33.4 Å². The number of likely N-dealkylation sites (N-methyl/N-ethyl adjacent to an activating group) is 1. The van der Waals surface area contributed by atoms with Gasteiger partial charge in [0.25, 0.3) is 0 Å². The molecule has 0 aromatic rings. The summed E-state index contributed by atoms with van der Waals surface area (Å²) in [6.07, 6.45) is 2.97. The van der Waals surface area contributed by atoms with Crippen molar-refractivity contribution in [3.8, 4) is 0 Å². The molecule has 0 radical (unpaired) electrons. The summed E-state index contributed by atoms with van der Waals surface area (Å²) in [5.41, 5.74) is 0. The molecule has 82 valence electrons. The molecule has 0 aromatic heterocycles. The van der Waals surface area contributed by atoms with Gasteiger partial charge in [-0.2, -0.15) is 0 Å². The van der Waals surface area contributed by atoms with E-state index in [2.05, 4.69) is 11.8 Å². The van der Waals surface area contributed by atoms with E-state index in [1.165, 1.54) is 0 Å². The average Bonchev–Trinajstić information content (AvgIpc) is 2.59. The number of nitrogens with zero attached hydrogens (tertiary/aromatic N) is 1. The fourth-order valence-corrected chi connectivity index (χ4v) is 1.99. The summed E-state index contributed by atoms with van der Waals surface area (Å²) in [4.78, 5) is 13.7. The van der Waals surface area contributed by atoms with Gasteiger partial charge in [0.2, 0.25) is 0 Å². The van der Waals surface area contributed by atoms with Crippen LogP contribution in [-0.4, -0.2) is 44.0 Å². The van der Waals surface area contributed by atoms with E-state index in [-0.39, 0.29) is 0 Å². The van der Waals surface area contributed by atoms with Crippen LogP contribution in [0.2, 0.25) is 0 Å². The molecule has 1 rings (SSSR count). The number of hydrogen-bond donors (Lipinski definition) is 0. The minimum Gasteiger partial charge on any atom is -0.383 e. The number of methoxy groups -OCH3 is 1. The van der Waals surface area contributed by atoms with Crippen LogP contribution >= 0.6 is 0 Å². The minimum atomic E-state index is 0.298. The molecular weight excluding hydrogens is 178 g/mol. The Hall–Kier alpha value is -0.410. The lowest BCUT2D eigenvalue weighted by Crippen LogP contribution is -2.33. The molecule has 3 heteroatoms. The van der Waals surface area contributed by atoms with Gasteiger partial charge in [-0.25, -0.2) is 0 Å². The molecule has 1 saturated carbocycles. The SMILES string of the molecule is CCN(CCOC)CC1CCCC1=O. The van der Waals surface area contributed by atoms with E-state index in [1.54, 1.807) is 7.11 Å². The lowest BCUT2D eigenvalue weighted by Gasteiger charge is -2.22. The lowest BCUT2D eigenvalue weighted by molar-refractivity contribution is -0.121. The van der Waals surface area contributed by atoms with Crippen molar-refractivity contribution in [3.05, 3.63) is 0 Å². The maximum Gasteiger partial charge on any atom is 0.137 e. The Balaban J connectivity index is 2.28. The number of Topliss-reactive ketones (excluding diaryl/α,β-unsaturated/α-hetero) is 1. The van der Waals surface area contributed by atoms with Crippen LogP contribution < -0.4 is 0 Å². The second-order valence-corrected chi connectivity index (χ2v) is 3.94. The van der Waals surface area contributed by atoms with E-state index in [4.69, 9.17) is 4.74 Å². The van der Waals surface area contributed by atoms with Crippen molar-refractivity contribution in [2.24, 2.45) is 5.92 Å². The molecule has 0 bridgehead atoms. The highest BCUT2D eigenvalue weighted by Gasteiger charge is 2.25. The van der Waals surface area contributed by atoms with Crippen LogP contribution in [0.25, 0.3) is 0 Å². The highest BCUT2D eigenvalue weighted by Crippen LogP contribution is 2.21. The summed E-state index contributed by atoms with van der Waals surface area (Å²) >= 11 is 0. The van der Waals surface area contributed by atoms with E-state index >= 15 is 0 Å². The van der Waals surface area contributed by atoms with Crippen molar-refractivity contribution in [1.29, 1.82) is 0 Å². The molecule has 14 heavy (non-hydrogen) atoms. The maximum atomic E-state index is 11.4. The fourth-order valence-electron chi connectivity index (χ4n) is 1.99. The molecule has 1 unspecified atom stereocenters. The molecule has 1 atom stereocenters. The van der Waals surface area contributed by atoms with Crippen molar-refractivity contribution < 1.29 is 9.53 Å². The van der Waals surface area contributed by atoms with Crippen molar-refractivity contribution in [2.45, 2.75) is 26.2 Å². The third kappa shape index (κ3) is 3.39. The van der Waals surface area contributed by atoms with Crippen LogP contribution in [0.3, 0.4) is 0 Å². The molecule has 3 nitrogen and oxygen atoms in total. The van der Waals surface area contributed by atoms with Gasteiger partial charge in [-0.15, -0.1) is 0 Å². The van der Waals surface area contributed by atoms with Gasteiger partial charge in [0.15, 0.2) is 0 Å². The summed E-state index contributed by atoms with van der Waals surface area (Å²) < 4.78 is 5.04. The molecule has 0 saturated heterocycles. The third-order valence-corrected chi connectivity index (χ3v) is 2.97. The summed E-state index contributed by atoms with van der Waals surface area (Å²) in [7, 11) is 1.72. The first kappa shape index (κ1) is 11.7. The second kappa shape index (κ2) is 6.14. The van der Waals surface area contributed by atoms with Crippen LogP contribution in [0.5, 0.6) is 0 Å². The lowest BCUT2D eigenvalue weighted by atomic mass is 10.1. The number of carbonyl (C=O) groups is 1. The van der Waals surface area contributed by atoms with Crippen LogP contribution in [-0.2, 0) is 9.53 Å². The first-order valence-electron chi connectivity index (χ1n) is 5.52. The highest BCUT2D eigenvalue weighted by atomic mass is 16.5. The normalized spacial score (nSPS) is 22.2. The van der Waals surface area contributed by atoms with Gasteiger partial charge in [0, 0.05) is 32.5 Å². The standard InChI is InChI=1S/C11H21NO2/c1-3-12(7-8-14-2)9-10-5-4-6-11(10)13/h10H,3-9H2,1-2H3. The first-order valence-corrected chi connectivity index (χ1v) is 5.52. The van der Waals surface area contributed by atoms with Crippen molar-refractivity contribution in [3.63, 3.8) is 0 Å². The Kier molecular flexibility index (Phi) is 5.12. The van der Waals surface area contributed by atoms with E-state index in [0.29, 0.717) is 11.7 Å². The highest BCUT2D eigenvalue weighted by molar-refractivity contribution is 5.83. The Morgan fingerprint density at radius 3 is 2.86 bits per heavy atom. The van der Waals surface area contributed by atoms with E-state index in [0.717, 1.165) is 45.5 Å². The third-order valence-electron chi connectivity index (χ3n) is 2.97. The Bertz CT molecular complexity index is 182. The first-order chi connectivity index (χ1) is 6.77. The van der Waals surface area contributed by atoms with Gasteiger partial charge in [-0.1, -0.05) is 6.92 Å². The zero-order valence-electron chi connectivity index (χ0n) is 9.29. The second-order valence-electron chi connectivity index (χ2n) is 3.94. The maximum absolute atomic E-state index is 11.4. The van der Waals surface area contributed by atoms with Crippen LogP contribution in [0.4, 0.5) is 0 Å². The summed E-state index contributed by atoms with van der Waals surface area (Å²) in [6, 6.07) is 0. The molecule has 1 aliphatic carbocycles. The van der Waals surface area contributed by atoms with Gasteiger partial charge in [-0.3, -0.25) is 4.79 Å². The Morgan fingerprint density at radius 2 is 2.36 bits per heavy atom. The molecular formula is C11H21NO2. The Morgan fingerprint density at radius 1 is 1.57 bits per heavy atom. The molecule has 1 aliphatic rings.